The number of carbonyl (C=O) groups excluding carboxylic acids is 1. The number of amides is 1. The summed E-state index contributed by atoms with van der Waals surface area (Å²) in [5, 5.41) is 13.1. The largest absolute Gasteiger partial charge is 0.345 e. The van der Waals surface area contributed by atoms with Crippen LogP contribution in [0.4, 0.5) is 5.00 Å². The van der Waals surface area contributed by atoms with Crippen LogP contribution in [0.15, 0.2) is 12.1 Å². The van der Waals surface area contributed by atoms with Gasteiger partial charge in [0.05, 0.1) is 26.8 Å². The van der Waals surface area contributed by atoms with E-state index in [0.717, 1.165) is 11.3 Å². The molecule has 2 rings (SSSR count). The number of hydrogen-bond acceptors (Lipinski definition) is 6. The Kier molecular flexibility index (Phi) is 3.35. The van der Waals surface area contributed by atoms with Gasteiger partial charge in [0, 0.05) is 6.07 Å². The van der Waals surface area contributed by atoms with E-state index < -0.39 is 26.2 Å². The van der Waals surface area contributed by atoms with Crippen LogP contribution in [0.3, 0.4) is 0 Å². The normalized spacial score (nSPS) is 25.1. The lowest BCUT2D eigenvalue weighted by Crippen LogP contribution is -2.46. The van der Waals surface area contributed by atoms with E-state index >= 15 is 0 Å². The number of thiophene rings is 1. The molecule has 7 nitrogen and oxygen atoms in total. The monoisotopic (exact) mass is 304 g/mol. The molecule has 0 unspecified atom stereocenters. The van der Waals surface area contributed by atoms with Gasteiger partial charge in [-0.2, -0.15) is 0 Å². The van der Waals surface area contributed by atoms with Crippen molar-refractivity contribution >= 4 is 32.1 Å². The van der Waals surface area contributed by atoms with Crippen molar-refractivity contribution in [2.24, 2.45) is 0 Å². The van der Waals surface area contributed by atoms with Gasteiger partial charge in [-0.3, -0.25) is 14.9 Å². The number of sulfone groups is 1. The molecular formula is C10H12N2O5S2. The quantitative estimate of drug-likeness (QED) is 0.661. The standard InChI is InChI=1S/C10H12N2O5S2/c1-10(4-5-19(16,17)6-10)11-9(13)7-2-3-8(18-7)12(14)15/h2-3H,4-6H2,1H3,(H,11,13)/t10-/m1/s1. The van der Waals surface area contributed by atoms with Gasteiger partial charge in [-0.25, -0.2) is 8.42 Å². The van der Waals surface area contributed by atoms with Crippen molar-refractivity contribution in [2.75, 3.05) is 11.5 Å². The smallest absolute Gasteiger partial charge is 0.324 e. The summed E-state index contributed by atoms with van der Waals surface area (Å²) in [5.41, 5.74) is -0.797. The molecule has 1 atom stereocenters. The van der Waals surface area contributed by atoms with Gasteiger partial charge in [0.25, 0.3) is 5.91 Å². The second kappa shape index (κ2) is 4.57. The molecule has 104 valence electrons. The third kappa shape index (κ3) is 3.10. The Hall–Kier alpha value is -1.48. The maximum atomic E-state index is 11.9. The summed E-state index contributed by atoms with van der Waals surface area (Å²) >= 11 is 0.770. The third-order valence-corrected chi connectivity index (χ3v) is 5.85. The number of nitrogens with one attached hydrogen (secondary N) is 1. The SMILES string of the molecule is C[C@@]1(NC(=O)c2ccc([N+](=O)[O-])s2)CCS(=O)(=O)C1. The first-order valence-electron chi connectivity index (χ1n) is 5.48. The van der Waals surface area contributed by atoms with E-state index in [2.05, 4.69) is 5.32 Å². The fourth-order valence-corrected chi connectivity index (χ4v) is 4.80. The van der Waals surface area contributed by atoms with Crippen molar-refractivity contribution in [2.45, 2.75) is 18.9 Å². The molecule has 19 heavy (non-hydrogen) atoms. The molecule has 1 aliphatic rings. The van der Waals surface area contributed by atoms with Crippen LogP contribution in [0.2, 0.25) is 0 Å². The molecule has 1 saturated heterocycles. The van der Waals surface area contributed by atoms with E-state index in [-0.39, 0.29) is 21.4 Å². The summed E-state index contributed by atoms with van der Waals surface area (Å²) in [6.07, 6.45) is 0.356. The van der Waals surface area contributed by atoms with Gasteiger partial charge in [0.15, 0.2) is 9.84 Å². The summed E-state index contributed by atoms with van der Waals surface area (Å²) in [6, 6.07) is 2.62. The molecule has 0 radical (unpaired) electrons. The van der Waals surface area contributed by atoms with Crippen LogP contribution in [0, 0.1) is 10.1 Å². The molecule has 0 saturated carbocycles. The first kappa shape index (κ1) is 13.9. The van der Waals surface area contributed by atoms with Gasteiger partial charge in [-0.1, -0.05) is 11.3 Å². The average Bonchev–Trinajstić information content (AvgIpc) is 2.83. The molecule has 2 heterocycles. The Morgan fingerprint density at radius 2 is 2.21 bits per heavy atom. The highest BCUT2D eigenvalue weighted by Gasteiger charge is 2.39. The molecule has 9 heteroatoms. The third-order valence-electron chi connectivity index (χ3n) is 2.91. The van der Waals surface area contributed by atoms with Crippen LogP contribution < -0.4 is 5.32 Å². The molecular weight excluding hydrogens is 292 g/mol. The van der Waals surface area contributed by atoms with E-state index in [1.807, 2.05) is 0 Å². The second-order valence-corrected chi connectivity index (χ2v) is 8.00. The fourth-order valence-electron chi connectivity index (χ4n) is 1.99. The van der Waals surface area contributed by atoms with E-state index in [1.54, 1.807) is 6.92 Å². The second-order valence-electron chi connectivity index (χ2n) is 4.75. The Morgan fingerprint density at radius 3 is 2.68 bits per heavy atom. The van der Waals surface area contributed by atoms with Crippen molar-refractivity contribution in [3.05, 3.63) is 27.1 Å². The van der Waals surface area contributed by atoms with E-state index in [4.69, 9.17) is 0 Å². The Bertz CT molecular complexity index is 636. The van der Waals surface area contributed by atoms with Crippen molar-refractivity contribution in [3.63, 3.8) is 0 Å². The zero-order chi connectivity index (χ0) is 14.3. The molecule has 1 aromatic rings. The lowest BCUT2D eigenvalue weighted by molar-refractivity contribution is -0.380. The maximum absolute atomic E-state index is 11.9. The molecule has 0 spiro atoms. The van der Waals surface area contributed by atoms with E-state index in [9.17, 15) is 23.3 Å². The molecule has 1 N–H and O–H groups in total. The van der Waals surface area contributed by atoms with Gasteiger partial charge >= 0.3 is 5.00 Å². The summed E-state index contributed by atoms with van der Waals surface area (Å²) in [5.74, 6) is -0.522. The first-order valence-corrected chi connectivity index (χ1v) is 8.12. The van der Waals surface area contributed by atoms with Crippen LogP contribution in [-0.4, -0.2) is 36.3 Å². The summed E-state index contributed by atoms with van der Waals surface area (Å²) in [6.45, 7) is 1.66. The highest BCUT2D eigenvalue weighted by Crippen LogP contribution is 2.27. The van der Waals surface area contributed by atoms with Gasteiger partial charge in [-0.05, 0) is 19.4 Å². The van der Waals surface area contributed by atoms with Gasteiger partial charge < -0.3 is 5.32 Å². The first-order chi connectivity index (χ1) is 8.71. The maximum Gasteiger partial charge on any atom is 0.324 e. The van der Waals surface area contributed by atoms with Gasteiger partial charge in [0.2, 0.25) is 0 Å². The Morgan fingerprint density at radius 1 is 1.53 bits per heavy atom. The van der Waals surface area contributed by atoms with Crippen molar-refractivity contribution in [3.8, 4) is 0 Å². The molecule has 0 aliphatic carbocycles. The van der Waals surface area contributed by atoms with Gasteiger partial charge in [0.1, 0.15) is 0 Å². The topological polar surface area (TPSA) is 106 Å². The fraction of sp³-hybridized carbons (Fsp3) is 0.500. The summed E-state index contributed by atoms with van der Waals surface area (Å²) in [7, 11) is -3.11. The Balaban J connectivity index is 2.11. The highest BCUT2D eigenvalue weighted by atomic mass is 32.2. The van der Waals surface area contributed by atoms with Gasteiger partial charge in [-0.15, -0.1) is 0 Å². The lowest BCUT2D eigenvalue weighted by Gasteiger charge is -2.23. The molecule has 1 aliphatic heterocycles. The summed E-state index contributed by atoms with van der Waals surface area (Å²) in [4.78, 5) is 22.1. The van der Waals surface area contributed by atoms with Crippen LogP contribution in [0.25, 0.3) is 0 Å². The number of rotatable bonds is 3. The lowest BCUT2D eigenvalue weighted by atomic mass is 10.0. The Labute approximate surface area is 113 Å². The zero-order valence-corrected chi connectivity index (χ0v) is 11.7. The van der Waals surface area contributed by atoms with Crippen molar-refractivity contribution in [1.29, 1.82) is 0 Å². The molecule has 0 bridgehead atoms. The van der Waals surface area contributed by atoms with E-state index in [1.165, 1.54) is 12.1 Å². The van der Waals surface area contributed by atoms with Crippen LogP contribution in [0.1, 0.15) is 23.0 Å². The van der Waals surface area contributed by atoms with Crippen LogP contribution in [-0.2, 0) is 9.84 Å². The minimum atomic E-state index is -3.11. The number of nitrogens with zero attached hydrogens (tertiary/aromatic N) is 1. The van der Waals surface area contributed by atoms with E-state index in [0.29, 0.717) is 6.42 Å². The minimum Gasteiger partial charge on any atom is -0.345 e. The number of carbonyl (C=O) groups is 1. The van der Waals surface area contributed by atoms with Crippen molar-refractivity contribution in [1.82, 2.24) is 5.32 Å². The number of hydrogen-bond donors (Lipinski definition) is 1. The van der Waals surface area contributed by atoms with Crippen molar-refractivity contribution < 1.29 is 18.1 Å². The zero-order valence-electron chi connectivity index (χ0n) is 10.1. The number of nitro groups is 1. The molecule has 1 aromatic heterocycles. The predicted octanol–water partition coefficient (Wildman–Crippen LogP) is 0.963. The average molecular weight is 304 g/mol. The molecule has 1 fully saturated rings. The van der Waals surface area contributed by atoms with Crippen LogP contribution in [0.5, 0.6) is 0 Å². The molecule has 1 amide bonds. The van der Waals surface area contributed by atoms with Crippen LogP contribution >= 0.6 is 11.3 Å². The molecule has 0 aromatic carbocycles. The predicted molar refractivity (Wildman–Crippen MR) is 70.1 cm³/mol. The summed E-state index contributed by atoms with van der Waals surface area (Å²) < 4.78 is 22.8. The highest BCUT2D eigenvalue weighted by molar-refractivity contribution is 7.91. The minimum absolute atomic E-state index is 0.0500.